The number of pyridine rings is 1. The van der Waals surface area contributed by atoms with E-state index in [-0.39, 0.29) is 18.9 Å². The third-order valence-corrected chi connectivity index (χ3v) is 3.34. The monoisotopic (exact) mass is 229 g/mol. The zero-order valence-electron chi connectivity index (χ0n) is 11.1. The van der Waals surface area contributed by atoms with Gasteiger partial charge in [0, 0.05) is 5.69 Å². The predicted molar refractivity (Wildman–Crippen MR) is 70.8 cm³/mol. The quantitative estimate of drug-likeness (QED) is 0.524. The maximum absolute atomic E-state index is 4.64. The Morgan fingerprint density at radius 1 is 1.17 bits per heavy atom. The van der Waals surface area contributed by atoms with Gasteiger partial charge in [-0.3, -0.25) is 4.98 Å². The van der Waals surface area contributed by atoms with Crippen LogP contribution in [-0.4, -0.2) is 4.98 Å². The second-order valence-corrected chi connectivity index (χ2v) is 4.64. The number of hydrogen-bond donors (Lipinski definition) is 0. The fourth-order valence-electron chi connectivity index (χ4n) is 2.55. The second-order valence-electron chi connectivity index (χ2n) is 4.64. The Hall–Kier alpha value is -1.16. The first-order valence-electron chi connectivity index (χ1n) is 6.24. The first kappa shape index (κ1) is 13.3. The van der Waals surface area contributed by atoms with Crippen LogP contribution in [0.15, 0.2) is 36.4 Å². The summed E-state index contributed by atoms with van der Waals surface area (Å²) < 4.78 is 0. The molecule has 0 N–H and O–H groups in total. The molecule has 0 spiro atoms. The van der Waals surface area contributed by atoms with Crippen molar-refractivity contribution < 1.29 is 18.9 Å². The maximum Gasteiger partial charge on any atom is 1.00 e. The molecule has 1 nitrogen and oxygen atoms in total. The Balaban J connectivity index is 0.00000120. The van der Waals surface area contributed by atoms with Crippen LogP contribution in [0.25, 0.3) is 11.1 Å². The summed E-state index contributed by atoms with van der Waals surface area (Å²) in [6.45, 7) is 2.08. The fourth-order valence-corrected chi connectivity index (χ4v) is 2.55. The summed E-state index contributed by atoms with van der Waals surface area (Å²) in [5.41, 5.74) is 6.41. The molecule has 0 atom stereocenters. The molecule has 0 aliphatic heterocycles. The molecule has 0 saturated carbocycles. The maximum atomic E-state index is 4.64. The van der Waals surface area contributed by atoms with Crippen molar-refractivity contribution in [2.24, 2.45) is 0 Å². The Labute approximate surface area is 121 Å². The van der Waals surface area contributed by atoms with Gasteiger partial charge in [0.1, 0.15) is 0 Å². The Morgan fingerprint density at radius 3 is 2.72 bits per heavy atom. The van der Waals surface area contributed by atoms with Crippen LogP contribution in [0.5, 0.6) is 0 Å². The van der Waals surface area contributed by atoms with Crippen LogP contribution in [0.3, 0.4) is 0 Å². The summed E-state index contributed by atoms with van der Waals surface area (Å²) in [6.07, 6.45) is 5.84. The van der Waals surface area contributed by atoms with Crippen LogP contribution in [0.4, 0.5) is 0 Å². The van der Waals surface area contributed by atoms with Crippen molar-refractivity contribution in [2.45, 2.75) is 26.2 Å². The Kier molecular flexibility index (Phi) is 4.17. The SMILES string of the molecule is Cc1cc(-c2ccccc2)c2c(n1)[CH-]CCC2.[Li+]. The Morgan fingerprint density at radius 2 is 1.94 bits per heavy atom. The van der Waals surface area contributed by atoms with E-state index in [1.165, 1.54) is 28.8 Å². The van der Waals surface area contributed by atoms with Gasteiger partial charge in [-0.15, -0.1) is 6.42 Å². The molecule has 18 heavy (non-hydrogen) atoms. The molecule has 0 fully saturated rings. The van der Waals surface area contributed by atoms with Crippen molar-refractivity contribution in [1.29, 1.82) is 0 Å². The molecular formula is C16H16LiN. The number of benzene rings is 1. The van der Waals surface area contributed by atoms with E-state index in [2.05, 4.69) is 54.7 Å². The molecule has 1 aliphatic carbocycles. The first-order valence-corrected chi connectivity index (χ1v) is 6.24. The minimum absolute atomic E-state index is 0. The van der Waals surface area contributed by atoms with E-state index in [9.17, 15) is 0 Å². The molecule has 86 valence electrons. The van der Waals surface area contributed by atoms with Crippen molar-refractivity contribution in [3.8, 4) is 11.1 Å². The third kappa shape index (κ3) is 2.48. The summed E-state index contributed by atoms with van der Waals surface area (Å²) in [7, 11) is 0. The van der Waals surface area contributed by atoms with Crippen LogP contribution >= 0.6 is 0 Å². The van der Waals surface area contributed by atoms with E-state index >= 15 is 0 Å². The summed E-state index contributed by atoms with van der Waals surface area (Å²) in [5, 5.41) is 0. The summed E-state index contributed by atoms with van der Waals surface area (Å²) in [4.78, 5) is 4.64. The molecule has 0 radical (unpaired) electrons. The van der Waals surface area contributed by atoms with Gasteiger partial charge in [-0.1, -0.05) is 60.5 Å². The van der Waals surface area contributed by atoms with E-state index in [1.807, 2.05) is 0 Å². The van der Waals surface area contributed by atoms with Crippen LogP contribution in [-0.2, 0) is 6.42 Å². The summed E-state index contributed by atoms with van der Waals surface area (Å²) in [5.74, 6) is 0. The average molecular weight is 229 g/mol. The van der Waals surface area contributed by atoms with Gasteiger partial charge in [0.15, 0.2) is 0 Å². The molecular weight excluding hydrogens is 213 g/mol. The molecule has 1 aromatic carbocycles. The van der Waals surface area contributed by atoms with Crippen LogP contribution in [0, 0.1) is 13.3 Å². The predicted octanol–water partition coefficient (Wildman–Crippen LogP) is 0.950. The molecule has 0 amide bonds. The number of nitrogens with zero attached hydrogens (tertiary/aromatic N) is 1. The molecule has 0 saturated heterocycles. The van der Waals surface area contributed by atoms with Crippen molar-refractivity contribution >= 4 is 0 Å². The van der Waals surface area contributed by atoms with E-state index in [0.717, 1.165) is 18.5 Å². The third-order valence-electron chi connectivity index (χ3n) is 3.34. The van der Waals surface area contributed by atoms with E-state index in [4.69, 9.17) is 0 Å². The van der Waals surface area contributed by atoms with Gasteiger partial charge in [0.05, 0.1) is 0 Å². The molecule has 1 aliphatic rings. The van der Waals surface area contributed by atoms with Crippen LogP contribution in [0.2, 0.25) is 0 Å². The molecule has 0 unspecified atom stereocenters. The van der Waals surface area contributed by atoms with E-state index in [0.29, 0.717) is 0 Å². The first-order chi connectivity index (χ1) is 8.34. The van der Waals surface area contributed by atoms with Crippen molar-refractivity contribution in [2.75, 3.05) is 0 Å². The minimum Gasteiger partial charge on any atom is -0.292 e. The van der Waals surface area contributed by atoms with Gasteiger partial charge in [0.25, 0.3) is 0 Å². The molecule has 2 heteroatoms. The molecule has 2 aromatic rings. The minimum atomic E-state index is 0. The molecule has 0 bridgehead atoms. The summed E-state index contributed by atoms with van der Waals surface area (Å²) >= 11 is 0. The summed E-state index contributed by atoms with van der Waals surface area (Å²) in [6, 6.07) is 12.9. The van der Waals surface area contributed by atoms with Crippen molar-refractivity contribution in [1.82, 2.24) is 4.98 Å². The van der Waals surface area contributed by atoms with Gasteiger partial charge in [-0.05, 0) is 12.5 Å². The fraction of sp³-hybridized carbons (Fsp3) is 0.250. The standard InChI is InChI=1S/C16H16N.Li/c1-12-11-15(13-7-3-2-4-8-13)14-9-5-6-10-16(14)17-12;/h2-4,7-8,10-11H,5-6,9H2,1H3;/q-1;+1. The van der Waals surface area contributed by atoms with E-state index < -0.39 is 0 Å². The smallest absolute Gasteiger partial charge is 0.292 e. The zero-order chi connectivity index (χ0) is 11.7. The number of aromatic nitrogens is 1. The van der Waals surface area contributed by atoms with Gasteiger partial charge in [0.2, 0.25) is 0 Å². The van der Waals surface area contributed by atoms with Gasteiger partial charge in [-0.25, -0.2) is 6.42 Å². The van der Waals surface area contributed by atoms with Crippen molar-refractivity contribution in [3.63, 3.8) is 0 Å². The van der Waals surface area contributed by atoms with Crippen LogP contribution < -0.4 is 18.9 Å². The topological polar surface area (TPSA) is 12.9 Å². The van der Waals surface area contributed by atoms with Gasteiger partial charge < -0.3 is 0 Å². The van der Waals surface area contributed by atoms with Gasteiger partial charge in [-0.2, -0.15) is 5.56 Å². The normalized spacial score (nSPS) is 13.2. The number of rotatable bonds is 1. The van der Waals surface area contributed by atoms with Crippen LogP contribution in [0.1, 0.15) is 29.8 Å². The number of fused-ring (bicyclic) bond motifs is 1. The molecule has 1 aromatic heterocycles. The zero-order valence-corrected chi connectivity index (χ0v) is 11.1. The number of hydrogen-bond acceptors (Lipinski definition) is 1. The molecule has 1 heterocycles. The largest absolute Gasteiger partial charge is 1.00 e. The van der Waals surface area contributed by atoms with Crippen molar-refractivity contribution in [3.05, 3.63) is 59.8 Å². The average Bonchev–Trinajstić information content (AvgIpc) is 2.39. The number of aryl methyl sites for hydroxylation is 1. The molecule has 3 rings (SSSR count). The Bertz CT molecular complexity index is 534. The van der Waals surface area contributed by atoms with Gasteiger partial charge >= 0.3 is 18.9 Å². The van der Waals surface area contributed by atoms with E-state index in [1.54, 1.807) is 0 Å². The second kappa shape index (κ2) is 5.65.